The largest absolute Gasteiger partial charge is 0.416 e. The van der Waals surface area contributed by atoms with Crippen molar-refractivity contribution in [2.75, 3.05) is 12.3 Å². The summed E-state index contributed by atoms with van der Waals surface area (Å²) < 4.78 is 43.1. The Morgan fingerprint density at radius 3 is 2.12 bits per heavy atom. The molecule has 1 aromatic heterocycles. The topological polar surface area (TPSA) is 79.4 Å². The molecule has 0 spiro atoms. The number of anilines is 1. The van der Waals surface area contributed by atoms with Crippen LogP contribution in [0.3, 0.4) is 0 Å². The lowest BCUT2D eigenvalue weighted by molar-refractivity contribution is 0.171. The third kappa shape index (κ3) is 6.16. The molecule has 1 fully saturated rings. The van der Waals surface area contributed by atoms with Crippen LogP contribution in [0.5, 0.6) is 0 Å². The smallest absolute Gasteiger partial charge is 0.350 e. The molecule has 2 heterocycles. The maximum Gasteiger partial charge on any atom is 0.350 e. The van der Waals surface area contributed by atoms with Gasteiger partial charge in [-0.3, -0.25) is 4.57 Å². The van der Waals surface area contributed by atoms with Crippen molar-refractivity contribution in [1.82, 2.24) is 9.55 Å². The fraction of sp³-hybridized carbons (Fsp3) is 0.727. The van der Waals surface area contributed by atoms with Crippen LogP contribution in [0.1, 0.15) is 46.9 Å². The molecule has 0 aliphatic carbocycles. The van der Waals surface area contributed by atoms with Gasteiger partial charge in [0.25, 0.3) is 6.08 Å². The Labute approximate surface area is 202 Å². The molecule has 188 valence electrons. The summed E-state index contributed by atoms with van der Waals surface area (Å²) in [5.41, 5.74) is 4.77. The number of hydrogen-bond donors (Lipinski definition) is 1. The number of aromatic nitrogens is 2. The molecule has 6 nitrogen and oxygen atoms in total. The first kappa shape index (κ1) is 28.2. The number of nitrogens with zero attached hydrogens (tertiary/aromatic N) is 2. The van der Waals surface area contributed by atoms with E-state index in [1.807, 2.05) is 13.1 Å². The molecule has 0 aromatic carbocycles. The van der Waals surface area contributed by atoms with Gasteiger partial charge in [0.15, 0.2) is 16.6 Å². The number of nitrogens with two attached hydrogens (primary N) is 1. The van der Waals surface area contributed by atoms with Gasteiger partial charge in [-0.2, -0.15) is 13.8 Å². The van der Waals surface area contributed by atoms with Crippen molar-refractivity contribution in [1.29, 1.82) is 0 Å². The normalized spacial score (nSPS) is 22.7. The summed E-state index contributed by atoms with van der Waals surface area (Å²) in [6, 6.07) is 1.44. The lowest BCUT2D eigenvalue weighted by atomic mass is 10.1. The molecule has 2 rings (SSSR count). The van der Waals surface area contributed by atoms with Gasteiger partial charge in [-0.1, -0.05) is 41.5 Å². The standard InChI is InChI=1S/C22H39F2N3O3SSi2/c1-21(2,3)32(7,8)29-13-14-17(30-33(9,10)22(4,5)6)16(18(23)24)19(31-14)27-12-11-15(25)26-20(27)28/h11-12,14,17,19H,13H2,1-10H3,(H2,25,26,28)/t14-,17-,19-/m1/s1. The van der Waals surface area contributed by atoms with Crippen LogP contribution in [0.25, 0.3) is 0 Å². The van der Waals surface area contributed by atoms with Gasteiger partial charge in [0.2, 0.25) is 0 Å². The maximum atomic E-state index is 14.5. The van der Waals surface area contributed by atoms with Gasteiger partial charge < -0.3 is 14.6 Å². The molecule has 0 bridgehead atoms. The van der Waals surface area contributed by atoms with Crippen LogP contribution in [0.15, 0.2) is 28.7 Å². The minimum Gasteiger partial charge on any atom is -0.416 e. The molecule has 33 heavy (non-hydrogen) atoms. The van der Waals surface area contributed by atoms with E-state index >= 15 is 0 Å². The van der Waals surface area contributed by atoms with Crippen LogP contribution in [-0.4, -0.2) is 44.1 Å². The molecular formula is C22H39F2N3O3SSi2. The van der Waals surface area contributed by atoms with Gasteiger partial charge >= 0.3 is 5.69 Å². The zero-order valence-corrected chi connectivity index (χ0v) is 24.3. The molecule has 1 saturated heterocycles. The third-order valence-corrected chi connectivity index (χ3v) is 17.6. The first-order valence-electron chi connectivity index (χ1n) is 11.2. The zero-order valence-electron chi connectivity index (χ0n) is 21.5. The fourth-order valence-electron chi connectivity index (χ4n) is 2.94. The van der Waals surface area contributed by atoms with E-state index in [0.717, 1.165) is 0 Å². The maximum absolute atomic E-state index is 14.5. The Morgan fingerprint density at radius 2 is 1.67 bits per heavy atom. The third-order valence-electron chi connectivity index (χ3n) is 7.18. The van der Waals surface area contributed by atoms with Gasteiger partial charge in [-0.05, 0) is 42.3 Å². The molecule has 11 heteroatoms. The predicted molar refractivity (Wildman–Crippen MR) is 138 cm³/mol. The van der Waals surface area contributed by atoms with Crippen LogP contribution in [0.4, 0.5) is 14.6 Å². The highest BCUT2D eigenvalue weighted by molar-refractivity contribution is 8.00. The summed E-state index contributed by atoms with van der Waals surface area (Å²) in [5.74, 6) is 0.0531. The molecule has 1 aromatic rings. The Hall–Kier alpha value is -1.02. The first-order valence-corrected chi connectivity index (χ1v) is 17.9. The Kier molecular flexibility index (Phi) is 8.17. The van der Waals surface area contributed by atoms with Crippen molar-refractivity contribution < 1.29 is 17.6 Å². The van der Waals surface area contributed by atoms with E-state index in [1.54, 1.807) is 0 Å². The first-order chi connectivity index (χ1) is 14.8. The summed E-state index contributed by atoms with van der Waals surface area (Å²) in [7, 11) is -4.54. The van der Waals surface area contributed by atoms with E-state index in [-0.39, 0.29) is 33.3 Å². The quantitative estimate of drug-likeness (QED) is 0.464. The summed E-state index contributed by atoms with van der Waals surface area (Å²) >= 11 is 1.27. The molecule has 2 N–H and O–H groups in total. The number of halogens is 2. The summed E-state index contributed by atoms with van der Waals surface area (Å²) in [6.45, 7) is 21.3. The minimum atomic E-state index is -2.41. The van der Waals surface area contributed by atoms with Crippen molar-refractivity contribution in [2.45, 2.75) is 94.5 Å². The molecule has 0 radical (unpaired) electrons. The van der Waals surface area contributed by atoms with Crippen LogP contribution in [0, 0.1) is 0 Å². The van der Waals surface area contributed by atoms with E-state index in [1.165, 1.54) is 28.6 Å². The summed E-state index contributed by atoms with van der Waals surface area (Å²) in [4.78, 5) is 16.3. The SMILES string of the molecule is CC(C)(C)[Si](C)(C)OC[C@H]1S[C@@H](n2ccc(N)nc2=O)C(=C(F)F)[C@@H]1O[Si](C)(C)C(C)(C)C. The Bertz CT molecular complexity index is 951. The molecule has 0 amide bonds. The molecule has 3 atom stereocenters. The lowest BCUT2D eigenvalue weighted by Gasteiger charge is -2.41. The summed E-state index contributed by atoms with van der Waals surface area (Å²) in [5, 5.41) is -1.51. The number of rotatable bonds is 6. The lowest BCUT2D eigenvalue weighted by Crippen LogP contribution is -2.48. The molecule has 1 aliphatic rings. The zero-order chi connectivity index (χ0) is 25.6. The van der Waals surface area contributed by atoms with Gasteiger partial charge in [0, 0.05) is 12.8 Å². The molecular weight excluding hydrogens is 480 g/mol. The number of hydrogen-bond acceptors (Lipinski definition) is 6. The molecule has 0 unspecified atom stereocenters. The highest BCUT2D eigenvalue weighted by atomic mass is 32.2. The van der Waals surface area contributed by atoms with E-state index in [0.29, 0.717) is 0 Å². The number of thioether (sulfide) groups is 1. The number of nitrogen functional groups attached to an aromatic ring is 1. The monoisotopic (exact) mass is 519 g/mol. The van der Waals surface area contributed by atoms with E-state index in [4.69, 9.17) is 14.6 Å². The van der Waals surface area contributed by atoms with Crippen LogP contribution >= 0.6 is 11.8 Å². The Balaban J connectivity index is 2.53. The molecule has 1 aliphatic heterocycles. The van der Waals surface area contributed by atoms with Gasteiger partial charge in [-0.15, -0.1) is 11.8 Å². The van der Waals surface area contributed by atoms with Crippen molar-refractivity contribution in [3.8, 4) is 0 Å². The van der Waals surface area contributed by atoms with E-state index in [9.17, 15) is 13.6 Å². The van der Waals surface area contributed by atoms with Crippen LogP contribution in [0.2, 0.25) is 36.3 Å². The highest BCUT2D eigenvalue weighted by Gasteiger charge is 2.50. The van der Waals surface area contributed by atoms with Gasteiger partial charge in [-0.25, -0.2) is 4.79 Å². The van der Waals surface area contributed by atoms with Crippen LogP contribution < -0.4 is 11.4 Å². The molecule has 0 saturated carbocycles. The van der Waals surface area contributed by atoms with E-state index < -0.39 is 39.9 Å². The van der Waals surface area contributed by atoms with Crippen molar-refractivity contribution in [2.24, 2.45) is 0 Å². The van der Waals surface area contributed by atoms with Crippen molar-refractivity contribution >= 4 is 34.2 Å². The van der Waals surface area contributed by atoms with Gasteiger partial charge in [0.1, 0.15) is 11.2 Å². The van der Waals surface area contributed by atoms with E-state index in [2.05, 4.69) is 59.6 Å². The average Bonchev–Trinajstić information content (AvgIpc) is 2.95. The van der Waals surface area contributed by atoms with Crippen LogP contribution in [-0.2, 0) is 8.85 Å². The average molecular weight is 520 g/mol. The predicted octanol–water partition coefficient (Wildman–Crippen LogP) is 6.00. The second kappa shape index (κ2) is 9.56. The highest BCUT2D eigenvalue weighted by Crippen LogP contribution is 2.51. The minimum absolute atomic E-state index is 0.0206. The van der Waals surface area contributed by atoms with Gasteiger partial charge in [0.05, 0.1) is 16.9 Å². The Morgan fingerprint density at radius 1 is 1.12 bits per heavy atom. The summed E-state index contributed by atoms with van der Waals surface area (Å²) in [6.07, 6.45) is -1.26. The fourth-order valence-corrected chi connectivity index (χ4v) is 6.95. The van der Waals surface area contributed by atoms with Crippen molar-refractivity contribution in [3.05, 3.63) is 34.4 Å². The second-order valence-electron chi connectivity index (χ2n) is 11.7. The van der Waals surface area contributed by atoms with Crippen molar-refractivity contribution in [3.63, 3.8) is 0 Å². The second-order valence-corrected chi connectivity index (χ2v) is 22.5.